The van der Waals surface area contributed by atoms with Crippen LogP contribution in [0.15, 0.2) is 30.3 Å². The molecule has 1 amide bonds. The minimum atomic E-state index is -0.550. The minimum absolute atomic E-state index is 0.413. The van der Waals surface area contributed by atoms with Gasteiger partial charge < -0.3 is 9.53 Å². The summed E-state index contributed by atoms with van der Waals surface area (Å²) in [6, 6.07) is 9.67. The summed E-state index contributed by atoms with van der Waals surface area (Å²) in [5, 5.41) is 0. The smallest absolute Gasteiger partial charge is 0.410 e. The Hall–Kier alpha value is -1.88. The number of nitrogens with zero attached hydrogens (tertiary/aromatic N) is 2. The standard InChI is InChI=1S/C17H24N2O3/c1-17(2,3)22-16(21)19-10-9-18(12-15(19)13-20)11-14-7-5-4-6-8-14/h4-8,13,15H,9-12H2,1-3H3/t15-/m0/s1. The SMILES string of the molecule is CC(C)(C)OC(=O)N1CCN(Cc2ccccc2)C[C@H]1C=O. The average molecular weight is 304 g/mol. The maximum absolute atomic E-state index is 12.2. The van der Waals surface area contributed by atoms with Gasteiger partial charge in [-0.15, -0.1) is 0 Å². The molecular weight excluding hydrogens is 280 g/mol. The van der Waals surface area contributed by atoms with Crippen LogP contribution in [0.2, 0.25) is 0 Å². The molecule has 1 saturated heterocycles. The summed E-state index contributed by atoms with van der Waals surface area (Å²) in [4.78, 5) is 27.3. The Labute approximate surface area is 131 Å². The molecule has 1 aliphatic heterocycles. The summed E-state index contributed by atoms with van der Waals surface area (Å²) in [6.07, 6.45) is 0.421. The molecule has 0 bridgehead atoms. The van der Waals surface area contributed by atoms with E-state index >= 15 is 0 Å². The number of rotatable bonds is 3. The first-order chi connectivity index (χ1) is 10.4. The van der Waals surface area contributed by atoms with Crippen LogP contribution < -0.4 is 0 Å². The highest BCUT2D eigenvalue weighted by atomic mass is 16.6. The lowest BCUT2D eigenvalue weighted by molar-refractivity contribution is -0.114. The van der Waals surface area contributed by atoms with Crippen molar-refractivity contribution in [3.05, 3.63) is 35.9 Å². The molecule has 0 unspecified atom stereocenters. The predicted octanol–water partition coefficient (Wildman–Crippen LogP) is 2.31. The van der Waals surface area contributed by atoms with Gasteiger partial charge in [-0.3, -0.25) is 9.80 Å². The van der Waals surface area contributed by atoms with Crippen LogP contribution in [0.25, 0.3) is 0 Å². The number of carbonyl (C=O) groups excluding carboxylic acids is 2. The van der Waals surface area contributed by atoms with Crippen LogP contribution in [-0.2, 0) is 16.1 Å². The summed E-state index contributed by atoms with van der Waals surface area (Å²) in [5.41, 5.74) is 0.656. The van der Waals surface area contributed by atoms with E-state index in [-0.39, 0.29) is 0 Å². The van der Waals surface area contributed by atoms with Crippen molar-refractivity contribution in [2.24, 2.45) is 0 Å². The number of amides is 1. The summed E-state index contributed by atoms with van der Waals surface area (Å²) in [6.45, 7) is 8.04. The monoisotopic (exact) mass is 304 g/mol. The lowest BCUT2D eigenvalue weighted by atomic mass is 10.1. The van der Waals surface area contributed by atoms with Crippen LogP contribution in [0.5, 0.6) is 0 Å². The van der Waals surface area contributed by atoms with Gasteiger partial charge in [-0.2, -0.15) is 0 Å². The minimum Gasteiger partial charge on any atom is -0.444 e. The third-order valence-corrected chi connectivity index (χ3v) is 3.54. The van der Waals surface area contributed by atoms with Gasteiger partial charge in [0.05, 0.1) is 0 Å². The zero-order valence-electron chi connectivity index (χ0n) is 13.5. The molecule has 0 radical (unpaired) electrons. The fourth-order valence-corrected chi connectivity index (χ4v) is 2.52. The van der Waals surface area contributed by atoms with E-state index in [0.29, 0.717) is 13.1 Å². The summed E-state index contributed by atoms with van der Waals surface area (Å²) in [7, 11) is 0. The van der Waals surface area contributed by atoms with Crippen molar-refractivity contribution in [3.8, 4) is 0 Å². The molecule has 5 nitrogen and oxygen atoms in total. The maximum Gasteiger partial charge on any atom is 0.410 e. The Kier molecular flexibility index (Phi) is 5.19. The van der Waals surface area contributed by atoms with Crippen molar-refractivity contribution in [3.63, 3.8) is 0 Å². The molecule has 2 rings (SSSR count). The van der Waals surface area contributed by atoms with Crippen molar-refractivity contribution in [2.75, 3.05) is 19.6 Å². The maximum atomic E-state index is 12.2. The molecule has 0 N–H and O–H groups in total. The summed E-state index contributed by atoms with van der Waals surface area (Å²) in [5.74, 6) is 0. The molecule has 0 aromatic heterocycles. The largest absolute Gasteiger partial charge is 0.444 e. The molecule has 1 atom stereocenters. The van der Waals surface area contributed by atoms with Crippen LogP contribution >= 0.6 is 0 Å². The second-order valence-electron chi connectivity index (χ2n) is 6.60. The first kappa shape index (κ1) is 16.5. The molecule has 1 aromatic carbocycles. The van der Waals surface area contributed by atoms with Crippen LogP contribution in [-0.4, -0.2) is 53.5 Å². The van der Waals surface area contributed by atoms with Gasteiger partial charge in [0.15, 0.2) is 0 Å². The van der Waals surface area contributed by atoms with Gasteiger partial charge in [0.25, 0.3) is 0 Å². The van der Waals surface area contributed by atoms with Gasteiger partial charge in [-0.1, -0.05) is 30.3 Å². The van der Waals surface area contributed by atoms with E-state index in [9.17, 15) is 9.59 Å². The number of hydrogen-bond acceptors (Lipinski definition) is 4. The number of aldehydes is 1. The molecular formula is C17H24N2O3. The van der Waals surface area contributed by atoms with Crippen LogP contribution in [0, 0.1) is 0 Å². The topological polar surface area (TPSA) is 49.9 Å². The Balaban J connectivity index is 1.96. The first-order valence-electron chi connectivity index (χ1n) is 7.60. The Morgan fingerprint density at radius 2 is 1.95 bits per heavy atom. The van der Waals surface area contributed by atoms with Crippen molar-refractivity contribution in [1.29, 1.82) is 0 Å². The fraction of sp³-hybridized carbons (Fsp3) is 0.529. The van der Waals surface area contributed by atoms with E-state index in [1.54, 1.807) is 0 Å². The van der Waals surface area contributed by atoms with Gasteiger partial charge in [0, 0.05) is 26.2 Å². The molecule has 0 aliphatic carbocycles. The van der Waals surface area contributed by atoms with Gasteiger partial charge in [0.2, 0.25) is 0 Å². The normalized spacial score (nSPS) is 19.8. The highest BCUT2D eigenvalue weighted by Crippen LogP contribution is 2.16. The highest BCUT2D eigenvalue weighted by Gasteiger charge is 2.33. The van der Waals surface area contributed by atoms with Crippen molar-refractivity contribution in [1.82, 2.24) is 9.80 Å². The number of benzene rings is 1. The second-order valence-corrected chi connectivity index (χ2v) is 6.60. The van der Waals surface area contributed by atoms with Crippen LogP contribution in [0.4, 0.5) is 4.79 Å². The third kappa shape index (κ3) is 4.56. The average Bonchev–Trinajstić information content (AvgIpc) is 2.46. The number of hydrogen-bond donors (Lipinski definition) is 0. The highest BCUT2D eigenvalue weighted by molar-refractivity contribution is 5.74. The third-order valence-electron chi connectivity index (χ3n) is 3.54. The fourth-order valence-electron chi connectivity index (χ4n) is 2.52. The quantitative estimate of drug-likeness (QED) is 0.804. The molecule has 1 fully saturated rings. The van der Waals surface area contributed by atoms with Gasteiger partial charge in [-0.25, -0.2) is 4.79 Å². The molecule has 1 aromatic rings. The predicted molar refractivity (Wildman–Crippen MR) is 84.5 cm³/mol. The van der Waals surface area contributed by atoms with Crippen molar-refractivity contribution in [2.45, 2.75) is 39.0 Å². The van der Waals surface area contributed by atoms with Gasteiger partial charge >= 0.3 is 6.09 Å². The van der Waals surface area contributed by atoms with Gasteiger partial charge in [-0.05, 0) is 26.3 Å². The lowest BCUT2D eigenvalue weighted by Crippen LogP contribution is -2.56. The van der Waals surface area contributed by atoms with E-state index in [1.807, 2.05) is 39.0 Å². The number of ether oxygens (including phenoxy) is 1. The number of carbonyl (C=O) groups is 2. The van der Waals surface area contributed by atoms with Gasteiger partial charge in [0.1, 0.15) is 17.9 Å². The molecule has 1 aliphatic rings. The van der Waals surface area contributed by atoms with E-state index in [0.717, 1.165) is 19.4 Å². The van der Waals surface area contributed by atoms with Crippen LogP contribution in [0.1, 0.15) is 26.3 Å². The zero-order chi connectivity index (χ0) is 16.2. The van der Waals surface area contributed by atoms with E-state index in [2.05, 4.69) is 17.0 Å². The molecule has 120 valence electrons. The Bertz CT molecular complexity index is 510. The summed E-state index contributed by atoms with van der Waals surface area (Å²) >= 11 is 0. The van der Waals surface area contributed by atoms with E-state index in [4.69, 9.17) is 4.74 Å². The zero-order valence-corrected chi connectivity index (χ0v) is 13.5. The molecule has 22 heavy (non-hydrogen) atoms. The van der Waals surface area contributed by atoms with Crippen LogP contribution in [0.3, 0.4) is 0 Å². The van der Waals surface area contributed by atoms with E-state index < -0.39 is 17.7 Å². The molecule has 1 heterocycles. The molecule has 5 heteroatoms. The molecule has 0 saturated carbocycles. The Morgan fingerprint density at radius 3 is 2.55 bits per heavy atom. The number of piperazine rings is 1. The first-order valence-corrected chi connectivity index (χ1v) is 7.60. The summed E-state index contributed by atoms with van der Waals surface area (Å²) < 4.78 is 5.37. The molecule has 0 spiro atoms. The Morgan fingerprint density at radius 1 is 1.27 bits per heavy atom. The van der Waals surface area contributed by atoms with E-state index in [1.165, 1.54) is 10.5 Å². The second kappa shape index (κ2) is 6.92. The lowest BCUT2D eigenvalue weighted by Gasteiger charge is -2.39. The van der Waals surface area contributed by atoms with Crippen molar-refractivity contribution >= 4 is 12.4 Å². The van der Waals surface area contributed by atoms with Crippen molar-refractivity contribution < 1.29 is 14.3 Å².